The Balaban J connectivity index is 1.53. The molecule has 1 saturated heterocycles. The summed E-state index contributed by atoms with van der Waals surface area (Å²) in [5.74, 6) is 0.937. The van der Waals surface area contributed by atoms with Crippen molar-refractivity contribution in [1.29, 1.82) is 0 Å². The number of aromatic nitrogens is 1. The molecule has 4 nitrogen and oxygen atoms in total. The Morgan fingerprint density at radius 2 is 1.69 bits per heavy atom. The summed E-state index contributed by atoms with van der Waals surface area (Å²) in [4.78, 5) is 14.9. The Bertz CT molecular complexity index is 910. The Morgan fingerprint density at radius 3 is 2.38 bits per heavy atom. The van der Waals surface area contributed by atoms with Gasteiger partial charge in [-0.2, -0.15) is 0 Å². The van der Waals surface area contributed by atoms with E-state index in [0.717, 1.165) is 25.1 Å². The number of nitrogens with zero attached hydrogens (tertiary/aromatic N) is 2. The molecule has 3 aromatic rings. The molecule has 0 spiro atoms. The van der Waals surface area contributed by atoms with Gasteiger partial charge in [-0.3, -0.25) is 4.79 Å². The molecule has 1 unspecified atom stereocenters. The number of aryl methyl sites for hydroxylation is 2. The third kappa shape index (κ3) is 3.15. The van der Waals surface area contributed by atoms with E-state index in [0.29, 0.717) is 17.2 Å². The van der Waals surface area contributed by atoms with Crippen molar-refractivity contribution in [1.82, 2.24) is 10.1 Å². The molecule has 0 aliphatic carbocycles. The highest BCUT2D eigenvalue weighted by Gasteiger charge is 2.30. The van der Waals surface area contributed by atoms with Gasteiger partial charge in [-0.25, -0.2) is 0 Å². The van der Waals surface area contributed by atoms with Crippen LogP contribution in [0.4, 0.5) is 0 Å². The van der Waals surface area contributed by atoms with E-state index in [-0.39, 0.29) is 5.91 Å². The summed E-state index contributed by atoms with van der Waals surface area (Å²) < 4.78 is 5.40. The minimum absolute atomic E-state index is 0.00330. The fourth-order valence-corrected chi connectivity index (χ4v) is 3.53. The summed E-state index contributed by atoms with van der Waals surface area (Å²) in [5, 5.41) is 3.88. The lowest BCUT2D eigenvalue weighted by atomic mass is 9.97. The molecule has 1 aliphatic heterocycles. The molecule has 1 aliphatic rings. The molecule has 2 heterocycles. The largest absolute Gasteiger partial charge is 0.355 e. The van der Waals surface area contributed by atoms with E-state index < -0.39 is 0 Å². The van der Waals surface area contributed by atoms with Crippen molar-refractivity contribution >= 4 is 5.91 Å². The molecule has 1 aromatic heterocycles. The van der Waals surface area contributed by atoms with Crippen molar-refractivity contribution in [2.24, 2.45) is 0 Å². The van der Waals surface area contributed by atoms with Crippen LogP contribution in [0.15, 0.2) is 59.3 Å². The van der Waals surface area contributed by atoms with Gasteiger partial charge in [0.05, 0.1) is 6.20 Å². The number of carbonyl (C=O) groups excluding carboxylic acids is 1. The summed E-state index contributed by atoms with van der Waals surface area (Å²) in [7, 11) is 0. The average molecular weight is 346 g/mol. The number of hydrogen-bond acceptors (Lipinski definition) is 3. The molecule has 1 amide bonds. The van der Waals surface area contributed by atoms with Crippen molar-refractivity contribution in [2.75, 3.05) is 13.1 Å². The zero-order valence-electron chi connectivity index (χ0n) is 15.1. The minimum atomic E-state index is -0.00330. The number of hydrogen-bond donors (Lipinski definition) is 0. The molecule has 132 valence electrons. The van der Waals surface area contributed by atoms with Gasteiger partial charge in [0.25, 0.3) is 5.91 Å². The van der Waals surface area contributed by atoms with E-state index in [1.54, 1.807) is 0 Å². The molecule has 0 bridgehead atoms. The highest BCUT2D eigenvalue weighted by molar-refractivity contribution is 5.99. The summed E-state index contributed by atoms with van der Waals surface area (Å²) in [6, 6.07) is 16.6. The molecule has 26 heavy (non-hydrogen) atoms. The van der Waals surface area contributed by atoms with E-state index in [1.807, 2.05) is 36.1 Å². The van der Waals surface area contributed by atoms with E-state index in [4.69, 9.17) is 4.52 Å². The molecule has 4 rings (SSSR count). The number of carbonyl (C=O) groups is 1. The smallest absolute Gasteiger partial charge is 0.259 e. The Labute approximate surface area is 153 Å². The zero-order valence-corrected chi connectivity index (χ0v) is 15.1. The number of likely N-dealkylation sites (tertiary alicyclic amines) is 1. The number of rotatable bonds is 3. The highest BCUT2D eigenvalue weighted by Crippen LogP contribution is 2.31. The summed E-state index contributed by atoms with van der Waals surface area (Å²) in [5.41, 5.74) is 5.15. The normalized spacial score (nSPS) is 16.8. The van der Waals surface area contributed by atoms with Gasteiger partial charge in [0.1, 0.15) is 5.56 Å². The number of amides is 1. The highest BCUT2D eigenvalue weighted by atomic mass is 16.5. The third-order valence-corrected chi connectivity index (χ3v) is 5.14. The maximum Gasteiger partial charge on any atom is 0.259 e. The monoisotopic (exact) mass is 346 g/mol. The second kappa shape index (κ2) is 6.79. The third-order valence-electron chi connectivity index (χ3n) is 5.14. The maximum atomic E-state index is 13.0. The average Bonchev–Trinajstić information content (AvgIpc) is 3.32. The van der Waals surface area contributed by atoms with Crippen molar-refractivity contribution in [2.45, 2.75) is 26.2 Å². The first kappa shape index (κ1) is 16.6. The van der Waals surface area contributed by atoms with Crippen LogP contribution in [0.5, 0.6) is 0 Å². The Hall–Kier alpha value is -2.88. The van der Waals surface area contributed by atoms with Gasteiger partial charge in [-0.05, 0) is 25.8 Å². The molecule has 1 atom stereocenters. The predicted octanol–water partition coefficient (Wildman–Crippen LogP) is 4.59. The Morgan fingerprint density at radius 1 is 1.04 bits per heavy atom. The first-order chi connectivity index (χ1) is 12.6. The zero-order chi connectivity index (χ0) is 18.1. The quantitative estimate of drug-likeness (QED) is 0.697. The molecule has 2 aromatic carbocycles. The van der Waals surface area contributed by atoms with Gasteiger partial charge in [0, 0.05) is 24.6 Å². The van der Waals surface area contributed by atoms with Crippen LogP contribution in [-0.2, 0) is 0 Å². The molecule has 4 heteroatoms. The van der Waals surface area contributed by atoms with Crippen molar-refractivity contribution in [3.8, 4) is 11.3 Å². The van der Waals surface area contributed by atoms with Crippen LogP contribution in [0, 0.1) is 13.8 Å². The lowest BCUT2D eigenvalue weighted by Crippen LogP contribution is -2.28. The second-order valence-corrected chi connectivity index (χ2v) is 7.08. The molecular weight excluding hydrogens is 324 g/mol. The summed E-state index contributed by atoms with van der Waals surface area (Å²) in [6.45, 7) is 5.62. The van der Waals surface area contributed by atoms with E-state index in [9.17, 15) is 4.79 Å². The van der Waals surface area contributed by atoms with Gasteiger partial charge < -0.3 is 9.42 Å². The molecular formula is C22H22N2O2. The lowest BCUT2D eigenvalue weighted by Gasteiger charge is -2.16. The van der Waals surface area contributed by atoms with Crippen LogP contribution in [0.3, 0.4) is 0 Å². The molecule has 1 fully saturated rings. The van der Waals surface area contributed by atoms with Crippen LogP contribution in [0.25, 0.3) is 11.3 Å². The van der Waals surface area contributed by atoms with Gasteiger partial charge >= 0.3 is 0 Å². The summed E-state index contributed by atoms with van der Waals surface area (Å²) in [6.07, 6.45) is 2.52. The topological polar surface area (TPSA) is 46.3 Å². The Kier molecular flexibility index (Phi) is 4.33. The second-order valence-electron chi connectivity index (χ2n) is 7.08. The summed E-state index contributed by atoms with van der Waals surface area (Å²) >= 11 is 0. The van der Waals surface area contributed by atoms with Crippen molar-refractivity contribution in [3.05, 3.63) is 77.0 Å². The van der Waals surface area contributed by atoms with Crippen LogP contribution in [-0.4, -0.2) is 29.1 Å². The number of benzene rings is 2. The minimum Gasteiger partial charge on any atom is -0.355 e. The van der Waals surface area contributed by atoms with Gasteiger partial charge in [-0.1, -0.05) is 64.8 Å². The van der Waals surface area contributed by atoms with Crippen molar-refractivity contribution in [3.63, 3.8) is 0 Å². The first-order valence-electron chi connectivity index (χ1n) is 8.99. The van der Waals surface area contributed by atoms with E-state index in [2.05, 4.69) is 36.3 Å². The van der Waals surface area contributed by atoms with Crippen molar-refractivity contribution < 1.29 is 9.32 Å². The van der Waals surface area contributed by atoms with Crippen LogP contribution in [0.2, 0.25) is 0 Å². The first-order valence-corrected chi connectivity index (χ1v) is 8.99. The molecule has 0 saturated carbocycles. The fraction of sp³-hybridized carbons (Fsp3) is 0.273. The van der Waals surface area contributed by atoms with Gasteiger partial charge in [-0.15, -0.1) is 0 Å². The van der Waals surface area contributed by atoms with E-state index in [1.165, 1.54) is 22.9 Å². The maximum absolute atomic E-state index is 13.0. The lowest BCUT2D eigenvalue weighted by molar-refractivity contribution is 0.0791. The van der Waals surface area contributed by atoms with Crippen LogP contribution < -0.4 is 0 Å². The van der Waals surface area contributed by atoms with E-state index >= 15 is 0 Å². The predicted molar refractivity (Wildman–Crippen MR) is 101 cm³/mol. The SMILES string of the molecule is Cc1ccc(-c2oncc2C(=O)N2CCC(c3ccc(C)cc3)C2)cc1. The van der Waals surface area contributed by atoms with Crippen LogP contribution in [0.1, 0.15) is 39.4 Å². The van der Waals surface area contributed by atoms with Crippen LogP contribution >= 0.6 is 0 Å². The fourth-order valence-electron chi connectivity index (χ4n) is 3.53. The molecule has 0 radical (unpaired) electrons. The molecule has 0 N–H and O–H groups in total. The van der Waals surface area contributed by atoms with Gasteiger partial charge in [0.15, 0.2) is 5.76 Å². The van der Waals surface area contributed by atoms with Gasteiger partial charge in [0.2, 0.25) is 0 Å². The standard InChI is InChI=1S/C22H22N2O2/c1-15-3-7-17(8-4-15)19-11-12-24(14-19)22(25)20-13-23-26-21(20)18-9-5-16(2)6-10-18/h3-10,13,19H,11-12,14H2,1-2H3.